The van der Waals surface area contributed by atoms with E-state index in [-0.39, 0.29) is 11.8 Å². The molecular weight excluding hydrogens is 376 g/mol. The van der Waals surface area contributed by atoms with E-state index in [9.17, 15) is 14.7 Å². The molecule has 4 atom stereocenters. The van der Waals surface area contributed by atoms with Crippen molar-refractivity contribution in [1.82, 2.24) is 0 Å². The van der Waals surface area contributed by atoms with Crippen molar-refractivity contribution in [2.45, 2.75) is 26.7 Å². The summed E-state index contributed by atoms with van der Waals surface area (Å²) in [5.74, 6) is -2.28. The number of carboxylic acids is 1. The molecule has 1 fully saturated rings. The average Bonchev–Trinajstić information content (AvgIpc) is 3.30. The first-order valence-electron chi connectivity index (χ1n) is 10.6. The van der Waals surface area contributed by atoms with Gasteiger partial charge in [-0.05, 0) is 54.0 Å². The van der Waals surface area contributed by atoms with Crippen LogP contribution in [0, 0.1) is 23.7 Å². The number of esters is 1. The summed E-state index contributed by atoms with van der Waals surface area (Å²) in [6.07, 6.45) is 3.66. The fourth-order valence-electron chi connectivity index (χ4n) is 5.55. The van der Waals surface area contributed by atoms with Crippen LogP contribution in [0.25, 0.3) is 21.5 Å². The smallest absolute Gasteiger partial charge is 0.315 e. The molecule has 0 aromatic heterocycles. The van der Waals surface area contributed by atoms with E-state index in [1.54, 1.807) is 0 Å². The molecule has 5 rings (SSSR count). The van der Waals surface area contributed by atoms with E-state index in [1.165, 1.54) is 5.56 Å². The van der Waals surface area contributed by atoms with Crippen LogP contribution in [0.2, 0.25) is 0 Å². The van der Waals surface area contributed by atoms with E-state index in [4.69, 9.17) is 4.74 Å². The minimum atomic E-state index is -0.909. The summed E-state index contributed by atoms with van der Waals surface area (Å²) < 4.78 is 6.06. The van der Waals surface area contributed by atoms with Crippen LogP contribution < -0.4 is 4.74 Å². The quantitative estimate of drug-likeness (QED) is 0.277. The summed E-state index contributed by atoms with van der Waals surface area (Å²) in [6.45, 7) is 4.07. The molecule has 0 radical (unpaired) electrons. The van der Waals surface area contributed by atoms with Gasteiger partial charge in [-0.3, -0.25) is 9.59 Å². The highest BCUT2D eigenvalue weighted by molar-refractivity contribution is 6.07. The second kappa shape index (κ2) is 6.98. The fraction of sp³-hybridized carbons (Fsp3) is 0.308. The van der Waals surface area contributed by atoms with Crippen LogP contribution in [0.3, 0.4) is 0 Å². The zero-order valence-electron chi connectivity index (χ0n) is 17.1. The summed E-state index contributed by atoms with van der Waals surface area (Å²) in [7, 11) is 0. The van der Waals surface area contributed by atoms with E-state index in [0.29, 0.717) is 5.75 Å². The number of carbonyl (C=O) groups excluding carboxylic acids is 1. The number of fused-ring (bicyclic) bond motifs is 4. The number of hydrogen-bond donors (Lipinski definition) is 1. The standard InChI is InChI=1S/C26H24O4/c1-3-15-8-6-10-19-21(15)12-16-7-4-5-9-18(16)24(19)30-26(29)22-17-11-14(2)20(13-17)23(22)25(27)28/h4-12,17,20,22-23H,3,13H2,1-2H3,(H,27,28). The monoisotopic (exact) mass is 400 g/mol. The second-order valence-corrected chi connectivity index (χ2v) is 8.52. The minimum Gasteiger partial charge on any atom is -0.481 e. The molecule has 152 valence electrons. The Kier molecular flexibility index (Phi) is 4.39. The van der Waals surface area contributed by atoms with Gasteiger partial charge < -0.3 is 9.84 Å². The molecule has 2 bridgehead atoms. The molecule has 0 spiro atoms. The maximum Gasteiger partial charge on any atom is 0.315 e. The van der Waals surface area contributed by atoms with Gasteiger partial charge in [0.1, 0.15) is 5.75 Å². The van der Waals surface area contributed by atoms with Gasteiger partial charge >= 0.3 is 11.9 Å². The van der Waals surface area contributed by atoms with Gasteiger partial charge in [-0.1, -0.05) is 61.0 Å². The molecule has 1 N–H and O–H groups in total. The number of ether oxygens (including phenoxy) is 1. The largest absolute Gasteiger partial charge is 0.481 e. The number of aryl methyl sites for hydroxylation is 1. The number of rotatable bonds is 4. The number of hydrogen-bond acceptors (Lipinski definition) is 3. The number of aliphatic carboxylic acids is 1. The summed E-state index contributed by atoms with van der Waals surface area (Å²) in [5.41, 5.74) is 2.28. The summed E-state index contributed by atoms with van der Waals surface area (Å²) in [6, 6.07) is 16.1. The Morgan fingerprint density at radius 1 is 1.03 bits per heavy atom. The van der Waals surface area contributed by atoms with Crippen molar-refractivity contribution in [2.24, 2.45) is 23.7 Å². The van der Waals surface area contributed by atoms with Gasteiger partial charge in [-0.25, -0.2) is 0 Å². The zero-order valence-corrected chi connectivity index (χ0v) is 17.1. The van der Waals surface area contributed by atoms with Crippen molar-refractivity contribution in [3.05, 3.63) is 65.7 Å². The van der Waals surface area contributed by atoms with Gasteiger partial charge in [0.05, 0.1) is 11.8 Å². The second-order valence-electron chi connectivity index (χ2n) is 8.52. The molecule has 4 heteroatoms. The lowest BCUT2D eigenvalue weighted by Crippen LogP contribution is -2.36. The molecule has 2 aliphatic carbocycles. The molecule has 4 unspecified atom stereocenters. The third-order valence-electron chi connectivity index (χ3n) is 6.96. The Bertz CT molecular complexity index is 1220. The topological polar surface area (TPSA) is 63.6 Å². The fourth-order valence-corrected chi connectivity index (χ4v) is 5.55. The Labute approximate surface area is 175 Å². The van der Waals surface area contributed by atoms with Crippen molar-refractivity contribution in [3.63, 3.8) is 0 Å². The molecular formula is C26H24O4. The van der Waals surface area contributed by atoms with Crippen LogP contribution >= 0.6 is 0 Å². The number of carboxylic acid groups (broad SMARTS) is 1. The van der Waals surface area contributed by atoms with Crippen molar-refractivity contribution in [2.75, 3.05) is 0 Å². The Balaban J connectivity index is 1.63. The van der Waals surface area contributed by atoms with E-state index < -0.39 is 23.8 Å². The highest BCUT2D eigenvalue weighted by Crippen LogP contribution is 2.52. The van der Waals surface area contributed by atoms with Crippen molar-refractivity contribution in [3.8, 4) is 5.75 Å². The summed E-state index contributed by atoms with van der Waals surface area (Å²) in [5, 5.41) is 13.7. The van der Waals surface area contributed by atoms with Crippen molar-refractivity contribution >= 4 is 33.5 Å². The number of allylic oxidation sites excluding steroid dienone is 2. The van der Waals surface area contributed by atoms with E-state index in [1.807, 2.05) is 43.3 Å². The van der Waals surface area contributed by atoms with E-state index >= 15 is 0 Å². The van der Waals surface area contributed by atoms with Crippen molar-refractivity contribution < 1.29 is 19.4 Å². The van der Waals surface area contributed by atoms with Crippen molar-refractivity contribution in [1.29, 1.82) is 0 Å². The van der Waals surface area contributed by atoms with Gasteiger partial charge in [0.15, 0.2) is 0 Å². The molecule has 4 nitrogen and oxygen atoms in total. The van der Waals surface area contributed by atoms with Crippen LogP contribution in [-0.4, -0.2) is 17.0 Å². The lowest BCUT2D eigenvalue weighted by Gasteiger charge is -2.26. The van der Waals surface area contributed by atoms with Crippen LogP contribution in [0.4, 0.5) is 0 Å². The molecule has 1 saturated carbocycles. The van der Waals surface area contributed by atoms with Gasteiger partial charge in [-0.15, -0.1) is 0 Å². The normalized spacial score (nSPS) is 24.9. The van der Waals surface area contributed by atoms with Gasteiger partial charge in [0.25, 0.3) is 0 Å². The van der Waals surface area contributed by atoms with Crippen LogP contribution in [0.1, 0.15) is 25.8 Å². The molecule has 0 saturated heterocycles. The highest BCUT2D eigenvalue weighted by Gasteiger charge is 2.54. The van der Waals surface area contributed by atoms with Crippen LogP contribution in [0.5, 0.6) is 5.75 Å². The Hall–Kier alpha value is -3.14. The molecule has 0 aliphatic heterocycles. The predicted molar refractivity (Wildman–Crippen MR) is 116 cm³/mol. The zero-order chi connectivity index (χ0) is 21.0. The number of carbonyl (C=O) groups is 2. The summed E-state index contributed by atoms with van der Waals surface area (Å²) >= 11 is 0. The van der Waals surface area contributed by atoms with Gasteiger partial charge in [0, 0.05) is 10.8 Å². The van der Waals surface area contributed by atoms with Gasteiger partial charge in [0.2, 0.25) is 0 Å². The molecule has 0 heterocycles. The molecule has 3 aromatic carbocycles. The SMILES string of the molecule is CCc1cccc2c(OC(=O)C3C4C=C(C)C(C4)C3C(=O)O)c3ccccc3cc12. The first-order chi connectivity index (χ1) is 14.5. The Morgan fingerprint density at radius 3 is 2.57 bits per heavy atom. The first-order valence-corrected chi connectivity index (χ1v) is 10.6. The van der Waals surface area contributed by atoms with Crippen LogP contribution in [-0.2, 0) is 16.0 Å². The highest BCUT2D eigenvalue weighted by atomic mass is 16.5. The maximum absolute atomic E-state index is 13.4. The lowest BCUT2D eigenvalue weighted by atomic mass is 9.80. The third kappa shape index (κ3) is 2.74. The van der Waals surface area contributed by atoms with E-state index in [0.717, 1.165) is 40.0 Å². The average molecular weight is 400 g/mol. The summed E-state index contributed by atoms with van der Waals surface area (Å²) in [4.78, 5) is 25.3. The van der Waals surface area contributed by atoms with E-state index in [2.05, 4.69) is 25.1 Å². The first kappa shape index (κ1) is 18.9. The molecule has 30 heavy (non-hydrogen) atoms. The Morgan fingerprint density at radius 2 is 1.80 bits per heavy atom. The lowest BCUT2D eigenvalue weighted by molar-refractivity contribution is -0.152. The molecule has 3 aromatic rings. The van der Waals surface area contributed by atoms with Crippen LogP contribution in [0.15, 0.2) is 60.2 Å². The molecule has 0 amide bonds. The maximum atomic E-state index is 13.4. The molecule has 2 aliphatic rings. The minimum absolute atomic E-state index is 0.0592. The third-order valence-corrected chi connectivity index (χ3v) is 6.96. The number of benzene rings is 3. The predicted octanol–water partition coefficient (Wildman–Crippen LogP) is 5.37. The van der Waals surface area contributed by atoms with Gasteiger partial charge in [-0.2, -0.15) is 0 Å².